The lowest BCUT2D eigenvalue weighted by molar-refractivity contribution is 0.140. The van der Waals surface area contributed by atoms with Crippen LogP contribution in [0.25, 0.3) is 0 Å². The number of rotatable bonds is 3. The third kappa shape index (κ3) is 2.40. The van der Waals surface area contributed by atoms with Gasteiger partial charge in [-0.2, -0.15) is 0 Å². The Morgan fingerprint density at radius 2 is 2.38 bits per heavy atom. The smallest absolute Gasteiger partial charge is 0.133 e. The highest BCUT2D eigenvalue weighted by atomic mass is 35.5. The number of hydrogen-bond donors (Lipinski definition) is 2. The van der Waals surface area contributed by atoms with Crippen LogP contribution >= 0.6 is 11.6 Å². The van der Waals surface area contributed by atoms with Crippen LogP contribution in [0.15, 0.2) is 18.3 Å². The topological polar surface area (TPSA) is 59.1 Å². The summed E-state index contributed by atoms with van der Waals surface area (Å²) in [7, 11) is 0. The summed E-state index contributed by atoms with van der Waals surface area (Å²) >= 11 is 5.82. The molecule has 1 rings (SSSR count). The van der Waals surface area contributed by atoms with Crippen LogP contribution in [0, 0.1) is 0 Å². The van der Waals surface area contributed by atoms with E-state index in [1.54, 1.807) is 18.3 Å². The molecule has 0 aliphatic rings. The van der Waals surface area contributed by atoms with Crippen LogP contribution in [0.4, 0.5) is 0 Å². The summed E-state index contributed by atoms with van der Waals surface area (Å²) in [4.78, 5) is 3.89. The Kier molecular flexibility index (Phi) is 3.66. The summed E-state index contributed by atoms with van der Waals surface area (Å²) in [6, 6.07) is 3.08. The van der Waals surface area contributed by atoms with Gasteiger partial charge >= 0.3 is 0 Å². The van der Waals surface area contributed by atoms with E-state index in [1.807, 2.05) is 6.92 Å². The van der Waals surface area contributed by atoms with Crippen molar-refractivity contribution in [1.29, 1.82) is 0 Å². The molecule has 72 valence electrons. The predicted octanol–water partition coefficient (Wildman–Crippen LogP) is 1.51. The average molecular weight is 201 g/mol. The zero-order valence-electron chi connectivity index (χ0n) is 7.44. The molecule has 0 bridgehead atoms. The molecule has 0 saturated carbocycles. The van der Waals surface area contributed by atoms with Gasteiger partial charge in [0.05, 0.1) is 12.1 Å². The van der Waals surface area contributed by atoms with Gasteiger partial charge in [0.2, 0.25) is 0 Å². The second-order valence-corrected chi connectivity index (χ2v) is 3.24. The number of hydrogen-bond acceptors (Lipinski definition) is 3. The van der Waals surface area contributed by atoms with Gasteiger partial charge in [-0.05, 0) is 12.5 Å². The summed E-state index contributed by atoms with van der Waals surface area (Å²) in [6.07, 6.45) is 1.63. The Labute approximate surface area is 82.5 Å². The van der Waals surface area contributed by atoms with Gasteiger partial charge in [0, 0.05) is 11.8 Å². The first-order chi connectivity index (χ1) is 6.16. The average Bonchev–Trinajstić information content (AvgIpc) is 2.16. The number of aliphatic hydroxyl groups is 1. The van der Waals surface area contributed by atoms with Gasteiger partial charge in [-0.25, -0.2) is 4.98 Å². The fourth-order valence-corrected chi connectivity index (χ4v) is 1.35. The summed E-state index contributed by atoms with van der Waals surface area (Å²) in [5.74, 6) is 0. The van der Waals surface area contributed by atoms with E-state index in [0.717, 1.165) is 0 Å². The van der Waals surface area contributed by atoms with E-state index in [1.165, 1.54) is 0 Å². The first-order valence-corrected chi connectivity index (χ1v) is 4.58. The Bertz CT molecular complexity index is 280. The van der Waals surface area contributed by atoms with Gasteiger partial charge in [0.25, 0.3) is 0 Å². The molecule has 3 N–H and O–H groups in total. The molecule has 3 nitrogen and oxygen atoms in total. The lowest BCUT2D eigenvalue weighted by atomic mass is 10.0. The first kappa shape index (κ1) is 10.4. The molecule has 1 heterocycles. The number of halogens is 1. The zero-order chi connectivity index (χ0) is 9.84. The Hall–Kier alpha value is -0.640. The Balaban J connectivity index is 2.88. The minimum absolute atomic E-state index is 0.363. The van der Waals surface area contributed by atoms with Crippen molar-refractivity contribution in [2.45, 2.75) is 25.5 Å². The van der Waals surface area contributed by atoms with Gasteiger partial charge in [-0.1, -0.05) is 24.6 Å². The van der Waals surface area contributed by atoms with Crippen LogP contribution in [0.3, 0.4) is 0 Å². The summed E-state index contributed by atoms with van der Waals surface area (Å²) in [5, 5.41) is 9.86. The van der Waals surface area contributed by atoms with Crippen molar-refractivity contribution in [3.05, 3.63) is 29.0 Å². The van der Waals surface area contributed by atoms with Gasteiger partial charge in [0.1, 0.15) is 5.15 Å². The second-order valence-electron chi connectivity index (χ2n) is 2.88. The third-order valence-electron chi connectivity index (χ3n) is 1.98. The number of nitrogens with two attached hydrogens (primary N) is 1. The largest absolute Gasteiger partial charge is 0.391 e. The van der Waals surface area contributed by atoms with Crippen LogP contribution in [0.5, 0.6) is 0 Å². The maximum Gasteiger partial charge on any atom is 0.133 e. The van der Waals surface area contributed by atoms with Crippen molar-refractivity contribution >= 4 is 11.6 Å². The van der Waals surface area contributed by atoms with Crippen molar-refractivity contribution in [1.82, 2.24) is 4.98 Å². The Morgan fingerprint density at radius 3 is 2.92 bits per heavy atom. The van der Waals surface area contributed by atoms with E-state index in [-0.39, 0.29) is 0 Å². The van der Waals surface area contributed by atoms with E-state index < -0.39 is 12.1 Å². The van der Waals surface area contributed by atoms with Gasteiger partial charge in [-0.15, -0.1) is 0 Å². The SMILES string of the molecule is CC[C@@H](O)[C@@H](N)c1cccnc1Cl. The van der Waals surface area contributed by atoms with E-state index in [0.29, 0.717) is 17.1 Å². The quantitative estimate of drug-likeness (QED) is 0.728. The molecule has 2 atom stereocenters. The lowest BCUT2D eigenvalue weighted by Gasteiger charge is -2.17. The molecule has 1 aromatic heterocycles. The van der Waals surface area contributed by atoms with Crippen molar-refractivity contribution in [3.8, 4) is 0 Å². The van der Waals surface area contributed by atoms with Gasteiger partial charge < -0.3 is 10.8 Å². The minimum Gasteiger partial charge on any atom is -0.391 e. The third-order valence-corrected chi connectivity index (χ3v) is 2.30. The van der Waals surface area contributed by atoms with E-state index in [2.05, 4.69) is 4.98 Å². The molecule has 1 aromatic rings. The minimum atomic E-state index is -0.568. The zero-order valence-corrected chi connectivity index (χ0v) is 8.20. The van der Waals surface area contributed by atoms with E-state index in [9.17, 15) is 5.11 Å². The molecule has 13 heavy (non-hydrogen) atoms. The fraction of sp³-hybridized carbons (Fsp3) is 0.444. The maximum absolute atomic E-state index is 9.49. The molecule has 4 heteroatoms. The first-order valence-electron chi connectivity index (χ1n) is 4.21. The molecule has 0 aliphatic carbocycles. The van der Waals surface area contributed by atoms with E-state index >= 15 is 0 Å². The predicted molar refractivity (Wildman–Crippen MR) is 52.5 cm³/mol. The molecule has 0 spiro atoms. The fourth-order valence-electron chi connectivity index (χ4n) is 1.11. The molecule has 0 aromatic carbocycles. The number of aliphatic hydroxyl groups excluding tert-OH is 1. The highest BCUT2D eigenvalue weighted by molar-refractivity contribution is 6.30. The standard InChI is InChI=1S/C9H13ClN2O/c1-2-7(13)8(11)6-4-3-5-12-9(6)10/h3-5,7-8,13H,2,11H2,1H3/t7-,8+/m1/s1. The second kappa shape index (κ2) is 4.56. The van der Waals surface area contributed by atoms with Crippen LogP contribution < -0.4 is 5.73 Å². The van der Waals surface area contributed by atoms with E-state index in [4.69, 9.17) is 17.3 Å². The molecule has 0 radical (unpaired) electrons. The van der Waals surface area contributed by atoms with Crippen LogP contribution in [-0.4, -0.2) is 16.2 Å². The molecule has 0 unspecified atom stereocenters. The van der Waals surface area contributed by atoms with Crippen molar-refractivity contribution in [2.75, 3.05) is 0 Å². The molecule has 0 fully saturated rings. The van der Waals surface area contributed by atoms with Crippen LogP contribution in [-0.2, 0) is 0 Å². The number of aromatic nitrogens is 1. The van der Waals surface area contributed by atoms with Crippen molar-refractivity contribution in [2.24, 2.45) is 5.73 Å². The lowest BCUT2D eigenvalue weighted by Crippen LogP contribution is -2.25. The number of pyridine rings is 1. The summed E-state index contributed by atoms with van der Waals surface area (Å²) in [5.41, 5.74) is 6.47. The van der Waals surface area contributed by atoms with Gasteiger partial charge in [0.15, 0.2) is 0 Å². The maximum atomic E-state index is 9.49. The summed E-state index contributed by atoms with van der Waals surface area (Å²) < 4.78 is 0. The highest BCUT2D eigenvalue weighted by Crippen LogP contribution is 2.22. The van der Waals surface area contributed by atoms with Crippen molar-refractivity contribution < 1.29 is 5.11 Å². The monoisotopic (exact) mass is 200 g/mol. The molecule has 0 amide bonds. The Morgan fingerprint density at radius 1 is 1.69 bits per heavy atom. The molecular formula is C9H13ClN2O. The van der Waals surface area contributed by atoms with Crippen molar-refractivity contribution in [3.63, 3.8) is 0 Å². The van der Waals surface area contributed by atoms with Crippen LogP contribution in [0.1, 0.15) is 24.9 Å². The highest BCUT2D eigenvalue weighted by Gasteiger charge is 2.17. The molecule has 0 aliphatic heterocycles. The normalized spacial score (nSPS) is 15.4. The molecular weight excluding hydrogens is 188 g/mol. The number of nitrogens with zero attached hydrogens (tertiary/aromatic N) is 1. The summed E-state index contributed by atoms with van der Waals surface area (Å²) in [6.45, 7) is 1.87. The molecule has 0 saturated heterocycles. The van der Waals surface area contributed by atoms with Gasteiger partial charge in [-0.3, -0.25) is 0 Å². The van der Waals surface area contributed by atoms with Crippen LogP contribution in [0.2, 0.25) is 5.15 Å².